The minimum Gasteiger partial charge on any atom is -0.396 e. The van der Waals surface area contributed by atoms with E-state index in [1.165, 1.54) is 25.7 Å². The molecule has 1 aliphatic carbocycles. The number of aliphatic hydroxyl groups excluding tert-OH is 1. The molecule has 3 atom stereocenters. The van der Waals surface area contributed by atoms with Crippen LogP contribution in [-0.2, 0) is 0 Å². The second-order valence-corrected chi connectivity index (χ2v) is 5.86. The Morgan fingerprint density at radius 3 is 2.43 bits per heavy atom. The highest BCUT2D eigenvalue weighted by Crippen LogP contribution is 2.49. The Bertz CT molecular complexity index is 174. The average molecular weight is 198 g/mol. The molecule has 1 rings (SSSR count). The quantitative estimate of drug-likeness (QED) is 0.733. The summed E-state index contributed by atoms with van der Waals surface area (Å²) >= 11 is 0. The Morgan fingerprint density at radius 1 is 1.36 bits per heavy atom. The maximum Gasteiger partial charge on any atom is 0.0456 e. The van der Waals surface area contributed by atoms with E-state index in [-0.39, 0.29) is 0 Å². The van der Waals surface area contributed by atoms with Gasteiger partial charge in [0.25, 0.3) is 0 Å². The maximum absolute atomic E-state index is 8.99. The summed E-state index contributed by atoms with van der Waals surface area (Å²) in [5.41, 5.74) is 0.523. The van der Waals surface area contributed by atoms with Gasteiger partial charge in [-0.1, -0.05) is 27.7 Å². The van der Waals surface area contributed by atoms with Crippen molar-refractivity contribution in [3.05, 3.63) is 0 Å². The topological polar surface area (TPSA) is 20.2 Å². The van der Waals surface area contributed by atoms with Crippen LogP contribution < -0.4 is 0 Å². The van der Waals surface area contributed by atoms with Crippen molar-refractivity contribution in [2.75, 3.05) is 6.61 Å². The van der Waals surface area contributed by atoms with Crippen LogP contribution >= 0.6 is 0 Å². The SMILES string of the molecule is CC(CO)CCC1CCC(C)C1(C)C. The average Bonchev–Trinajstić information content (AvgIpc) is 2.39. The zero-order chi connectivity index (χ0) is 10.8. The molecule has 84 valence electrons. The molecule has 0 saturated heterocycles. The second-order valence-electron chi connectivity index (χ2n) is 5.86. The minimum atomic E-state index is 0.350. The Kier molecular flexibility index (Phi) is 4.00. The van der Waals surface area contributed by atoms with Crippen molar-refractivity contribution >= 4 is 0 Å². The molecule has 1 nitrogen and oxygen atoms in total. The van der Waals surface area contributed by atoms with Crippen molar-refractivity contribution in [3.63, 3.8) is 0 Å². The van der Waals surface area contributed by atoms with Crippen molar-refractivity contribution in [1.82, 2.24) is 0 Å². The van der Waals surface area contributed by atoms with Gasteiger partial charge in [0.1, 0.15) is 0 Å². The summed E-state index contributed by atoms with van der Waals surface area (Å²) in [7, 11) is 0. The van der Waals surface area contributed by atoms with E-state index in [0.29, 0.717) is 17.9 Å². The molecule has 14 heavy (non-hydrogen) atoms. The van der Waals surface area contributed by atoms with Crippen LogP contribution in [0.1, 0.15) is 53.4 Å². The lowest BCUT2D eigenvalue weighted by Crippen LogP contribution is -2.23. The molecule has 0 aromatic heterocycles. The van der Waals surface area contributed by atoms with E-state index < -0.39 is 0 Å². The number of hydrogen-bond donors (Lipinski definition) is 1. The summed E-state index contributed by atoms with van der Waals surface area (Å²) < 4.78 is 0. The normalized spacial score (nSPS) is 33.2. The highest BCUT2D eigenvalue weighted by Gasteiger charge is 2.39. The summed E-state index contributed by atoms with van der Waals surface area (Å²) in [5, 5.41) is 8.99. The van der Waals surface area contributed by atoms with E-state index in [1.807, 2.05) is 0 Å². The minimum absolute atomic E-state index is 0.350. The monoisotopic (exact) mass is 198 g/mol. The Labute approximate surface area is 88.9 Å². The van der Waals surface area contributed by atoms with Gasteiger partial charge in [-0.05, 0) is 48.9 Å². The van der Waals surface area contributed by atoms with Gasteiger partial charge in [-0.2, -0.15) is 0 Å². The molecule has 0 spiro atoms. The first-order valence-corrected chi connectivity index (χ1v) is 6.09. The Balaban J connectivity index is 2.39. The molecule has 0 bridgehead atoms. The summed E-state index contributed by atoms with van der Waals surface area (Å²) in [4.78, 5) is 0. The number of hydrogen-bond acceptors (Lipinski definition) is 1. The molecule has 0 aromatic rings. The largest absolute Gasteiger partial charge is 0.396 e. The fourth-order valence-corrected chi connectivity index (χ4v) is 2.69. The van der Waals surface area contributed by atoms with Gasteiger partial charge in [0, 0.05) is 6.61 Å². The third-order valence-electron chi connectivity index (χ3n) is 4.59. The lowest BCUT2D eigenvalue weighted by Gasteiger charge is -2.31. The van der Waals surface area contributed by atoms with Gasteiger partial charge in [-0.15, -0.1) is 0 Å². The lowest BCUT2D eigenvalue weighted by atomic mass is 9.74. The Morgan fingerprint density at radius 2 is 2.00 bits per heavy atom. The van der Waals surface area contributed by atoms with E-state index in [2.05, 4.69) is 27.7 Å². The molecule has 3 unspecified atom stereocenters. The molecule has 1 fully saturated rings. The summed E-state index contributed by atoms with van der Waals surface area (Å²) in [6.45, 7) is 9.71. The van der Waals surface area contributed by atoms with Crippen molar-refractivity contribution in [3.8, 4) is 0 Å². The third-order valence-corrected chi connectivity index (χ3v) is 4.59. The summed E-state index contributed by atoms with van der Waals surface area (Å²) in [5.74, 6) is 2.24. The molecule has 0 aliphatic heterocycles. The van der Waals surface area contributed by atoms with E-state index in [4.69, 9.17) is 5.11 Å². The Hall–Kier alpha value is -0.0400. The summed E-state index contributed by atoms with van der Waals surface area (Å²) in [6, 6.07) is 0. The lowest BCUT2D eigenvalue weighted by molar-refractivity contribution is 0.166. The van der Waals surface area contributed by atoms with Gasteiger partial charge < -0.3 is 5.11 Å². The maximum atomic E-state index is 8.99. The van der Waals surface area contributed by atoms with E-state index in [9.17, 15) is 0 Å². The van der Waals surface area contributed by atoms with Crippen LogP contribution in [0.4, 0.5) is 0 Å². The molecule has 0 radical (unpaired) electrons. The van der Waals surface area contributed by atoms with E-state index in [0.717, 1.165) is 11.8 Å². The van der Waals surface area contributed by atoms with Crippen LogP contribution in [0.3, 0.4) is 0 Å². The molecule has 1 aliphatic rings. The second kappa shape index (κ2) is 4.65. The van der Waals surface area contributed by atoms with Crippen LogP contribution in [0.5, 0.6) is 0 Å². The fourth-order valence-electron chi connectivity index (χ4n) is 2.69. The molecular formula is C13H26O. The van der Waals surface area contributed by atoms with Crippen LogP contribution in [0.15, 0.2) is 0 Å². The van der Waals surface area contributed by atoms with Crippen LogP contribution in [0.25, 0.3) is 0 Å². The first-order chi connectivity index (χ1) is 6.48. The third kappa shape index (κ3) is 2.50. The highest BCUT2D eigenvalue weighted by atomic mass is 16.3. The van der Waals surface area contributed by atoms with Gasteiger partial charge in [-0.25, -0.2) is 0 Å². The molecule has 0 amide bonds. The molecule has 0 heterocycles. The molecule has 1 saturated carbocycles. The molecule has 1 heteroatoms. The van der Waals surface area contributed by atoms with Crippen molar-refractivity contribution < 1.29 is 5.11 Å². The van der Waals surface area contributed by atoms with E-state index >= 15 is 0 Å². The first-order valence-electron chi connectivity index (χ1n) is 6.09. The van der Waals surface area contributed by atoms with Crippen molar-refractivity contribution in [2.45, 2.75) is 53.4 Å². The standard InChI is InChI=1S/C13H26O/c1-10(9-14)5-7-12-8-6-11(2)13(12,3)4/h10-12,14H,5-9H2,1-4H3. The van der Waals surface area contributed by atoms with Crippen molar-refractivity contribution in [2.24, 2.45) is 23.2 Å². The van der Waals surface area contributed by atoms with Gasteiger partial charge >= 0.3 is 0 Å². The van der Waals surface area contributed by atoms with Gasteiger partial charge in [0.15, 0.2) is 0 Å². The summed E-state index contributed by atoms with van der Waals surface area (Å²) in [6.07, 6.45) is 5.29. The number of aliphatic hydroxyl groups is 1. The zero-order valence-electron chi connectivity index (χ0n) is 10.2. The fraction of sp³-hybridized carbons (Fsp3) is 1.00. The smallest absolute Gasteiger partial charge is 0.0456 e. The van der Waals surface area contributed by atoms with E-state index in [1.54, 1.807) is 0 Å². The molecular weight excluding hydrogens is 172 g/mol. The van der Waals surface area contributed by atoms with Crippen LogP contribution in [-0.4, -0.2) is 11.7 Å². The van der Waals surface area contributed by atoms with Gasteiger partial charge in [-0.3, -0.25) is 0 Å². The van der Waals surface area contributed by atoms with Crippen molar-refractivity contribution in [1.29, 1.82) is 0 Å². The first kappa shape index (κ1) is 12.0. The van der Waals surface area contributed by atoms with Crippen LogP contribution in [0, 0.1) is 23.2 Å². The number of rotatable bonds is 4. The highest BCUT2D eigenvalue weighted by molar-refractivity contribution is 4.89. The predicted octanol–water partition coefficient (Wildman–Crippen LogP) is 3.47. The predicted molar refractivity (Wildman–Crippen MR) is 61.2 cm³/mol. The van der Waals surface area contributed by atoms with Crippen LogP contribution in [0.2, 0.25) is 0 Å². The molecule has 0 aromatic carbocycles. The molecule has 1 N–H and O–H groups in total. The van der Waals surface area contributed by atoms with Gasteiger partial charge in [0.2, 0.25) is 0 Å². The van der Waals surface area contributed by atoms with Gasteiger partial charge in [0.05, 0.1) is 0 Å². The zero-order valence-corrected chi connectivity index (χ0v) is 10.2.